The molecule has 0 N–H and O–H groups in total. The molecule has 1 heterocycles. The summed E-state index contributed by atoms with van der Waals surface area (Å²) in [6.45, 7) is 0. The largest absolute Gasteiger partial charge is 0.296 e. The maximum atomic E-state index is 10.5. The van der Waals surface area contributed by atoms with Crippen LogP contribution in [0.3, 0.4) is 0 Å². The van der Waals surface area contributed by atoms with Crippen molar-refractivity contribution >= 4 is 45.3 Å². The van der Waals surface area contributed by atoms with Crippen LogP contribution in [0.15, 0.2) is 39.0 Å². The molecule has 16 heavy (non-hydrogen) atoms. The van der Waals surface area contributed by atoms with Crippen LogP contribution in [0.25, 0.3) is 0 Å². The number of benzene rings is 1. The first-order chi connectivity index (χ1) is 7.78. The average molecular weight is 314 g/mol. The quantitative estimate of drug-likeness (QED) is 0.631. The highest BCUT2D eigenvalue weighted by Crippen LogP contribution is 2.26. The highest BCUT2D eigenvalue weighted by molar-refractivity contribution is 9.10. The first kappa shape index (κ1) is 11.8. The molecule has 2 rings (SSSR count). The molecular formula is C11H8BrNOS2. The number of nitrogens with zero attached hydrogens (tertiary/aromatic N) is 1. The minimum atomic E-state index is 0.523. The van der Waals surface area contributed by atoms with Crippen molar-refractivity contribution in [1.29, 1.82) is 0 Å². The molecule has 0 unspecified atom stereocenters. The van der Waals surface area contributed by atoms with Gasteiger partial charge >= 0.3 is 0 Å². The molecular weight excluding hydrogens is 306 g/mol. The molecule has 0 bridgehead atoms. The molecule has 0 aliphatic carbocycles. The maximum absolute atomic E-state index is 10.5. The van der Waals surface area contributed by atoms with Crippen LogP contribution in [-0.2, 0) is 5.75 Å². The molecule has 2 aromatic rings. The summed E-state index contributed by atoms with van der Waals surface area (Å²) in [4.78, 5) is 15.8. The topological polar surface area (TPSA) is 30.0 Å². The number of aldehydes is 1. The van der Waals surface area contributed by atoms with Crippen molar-refractivity contribution in [1.82, 2.24) is 4.98 Å². The monoisotopic (exact) mass is 313 g/mol. The summed E-state index contributed by atoms with van der Waals surface area (Å²) in [5.74, 6) is 0.801. The molecule has 0 radical (unpaired) electrons. The lowest BCUT2D eigenvalue weighted by molar-refractivity contribution is 0.111. The number of thiazole rings is 1. The van der Waals surface area contributed by atoms with Gasteiger partial charge in [-0.15, -0.1) is 23.1 Å². The van der Waals surface area contributed by atoms with E-state index >= 15 is 0 Å². The van der Waals surface area contributed by atoms with E-state index < -0.39 is 0 Å². The predicted molar refractivity (Wildman–Crippen MR) is 71.2 cm³/mol. The number of rotatable bonds is 4. The van der Waals surface area contributed by atoms with Gasteiger partial charge in [-0.2, -0.15) is 0 Å². The number of hydrogen-bond donors (Lipinski definition) is 0. The van der Waals surface area contributed by atoms with Gasteiger partial charge < -0.3 is 0 Å². The van der Waals surface area contributed by atoms with E-state index in [-0.39, 0.29) is 0 Å². The number of halogens is 1. The van der Waals surface area contributed by atoms with Crippen LogP contribution >= 0.6 is 39.0 Å². The fourth-order valence-electron chi connectivity index (χ4n) is 1.15. The Kier molecular flexibility index (Phi) is 4.15. The zero-order valence-corrected chi connectivity index (χ0v) is 11.4. The molecule has 0 atom stereocenters. The first-order valence-electron chi connectivity index (χ1n) is 4.56. The van der Waals surface area contributed by atoms with E-state index in [0.29, 0.717) is 5.69 Å². The summed E-state index contributed by atoms with van der Waals surface area (Å²) in [5.41, 5.74) is 0.523. The van der Waals surface area contributed by atoms with Crippen LogP contribution in [0.1, 0.15) is 15.5 Å². The van der Waals surface area contributed by atoms with E-state index in [1.54, 1.807) is 17.1 Å². The van der Waals surface area contributed by atoms with Crippen molar-refractivity contribution in [3.05, 3.63) is 44.8 Å². The second-order valence-electron chi connectivity index (χ2n) is 3.03. The highest BCUT2D eigenvalue weighted by Gasteiger charge is 2.02. The van der Waals surface area contributed by atoms with Crippen LogP contribution in [0.5, 0.6) is 0 Å². The lowest BCUT2D eigenvalue weighted by atomic mass is 10.4. The number of aromatic nitrogens is 1. The number of carbonyl (C=O) groups excluding carboxylic acids is 1. The van der Waals surface area contributed by atoms with Crippen molar-refractivity contribution in [2.75, 3.05) is 0 Å². The van der Waals surface area contributed by atoms with Crippen LogP contribution in [0.2, 0.25) is 0 Å². The van der Waals surface area contributed by atoms with Gasteiger partial charge in [0.15, 0.2) is 6.29 Å². The molecule has 0 spiro atoms. The Morgan fingerprint density at radius 2 is 2.38 bits per heavy atom. The van der Waals surface area contributed by atoms with E-state index in [9.17, 15) is 4.79 Å². The van der Waals surface area contributed by atoms with Gasteiger partial charge in [-0.3, -0.25) is 4.79 Å². The lowest BCUT2D eigenvalue weighted by Gasteiger charge is -1.99. The second kappa shape index (κ2) is 5.61. The third-order valence-corrected chi connectivity index (χ3v) is 4.40. The Morgan fingerprint density at radius 1 is 1.50 bits per heavy atom. The van der Waals surface area contributed by atoms with E-state index in [1.807, 2.05) is 12.1 Å². The Labute approximate surface area is 110 Å². The molecule has 0 aliphatic heterocycles. The number of thioether (sulfide) groups is 1. The molecule has 82 valence electrons. The van der Waals surface area contributed by atoms with Crippen molar-refractivity contribution < 1.29 is 4.79 Å². The smallest absolute Gasteiger partial charge is 0.169 e. The standard InChI is InChI=1S/C11H8BrNOS2/c12-8-2-1-3-10(4-8)15-7-11-13-9(5-14)6-16-11/h1-6H,7H2. The van der Waals surface area contributed by atoms with Gasteiger partial charge in [-0.1, -0.05) is 22.0 Å². The Hall–Kier alpha value is -0.650. The summed E-state index contributed by atoms with van der Waals surface area (Å²) in [6.07, 6.45) is 0.782. The first-order valence-corrected chi connectivity index (χ1v) is 7.22. The van der Waals surface area contributed by atoms with Crippen molar-refractivity contribution in [3.8, 4) is 0 Å². The van der Waals surface area contributed by atoms with Gasteiger partial charge in [0.2, 0.25) is 0 Å². The van der Waals surface area contributed by atoms with E-state index in [4.69, 9.17) is 0 Å². The van der Waals surface area contributed by atoms with Gasteiger partial charge in [-0.25, -0.2) is 4.98 Å². The van der Waals surface area contributed by atoms with E-state index in [1.165, 1.54) is 16.2 Å². The zero-order valence-electron chi connectivity index (χ0n) is 8.22. The van der Waals surface area contributed by atoms with Crippen molar-refractivity contribution in [3.63, 3.8) is 0 Å². The summed E-state index contributed by atoms with van der Waals surface area (Å²) in [7, 11) is 0. The van der Waals surface area contributed by atoms with Crippen LogP contribution in [-0.4, -0.2) is 11.3 Å². The van der Waals surface area contributed by atoms with Gasteiger partial charge in [-0.05, 0) is 18.2 Å². The van der Waals surface area contributed by atoms with E-state index in [2.05, 4.69) is 33.0 Å². The summed E-state index contributed by atoms with van der Waals surface area (Å²) < 4.78 is 1.07. The fraction of sp³-hybridized carbons (Fsp3) is 0.0909. The average Bonchev–Trinajstić information content (AvgIpc) is 2.74. The summed E-state index contributed by atoms with van der Waals surface area (Å²) >= 11 is 6.67. The minimum Gasteiger partial charge on any atom is -0.296 e. The maximum Gasteiger partial charge on any atom is 0.169 e. The molecule has 0 fully saturated rings. The molecule has 2 nitrogen and oxygen atoms in total. The number of hydrogen-bond acceptors (Lipinski definition) is 4. The van der Waals surface area contributed by atoms with E-state index in [0.717, 1.165) is 21.5 Å². The number of carbonyl (C=O) groups is 1. The normalized spacial score (nSPS) is 10.3. The second-order valence-corrected chi connectivity index (χ2v) is 5.94. The Morgan fingerprint density at radius 3 is 3.06 bits per heavy atom. The lowest BCUT2D eigenvalue weighted by Crippen LogP contribution is -1.82. The molecule has 0 saturated heterocycles. The van der Waals surface area contributed by atoms with Crippen LogP contribution in [0.4, 0.5) is 0 Å². The highest BCUT2D eigenvalue weighted by atomic mass is 79.9. The predicted octanol–water partition coefficient (Wildman–Crippen LogP) is 4.01. The molecule has 1 aromatic carbocycles. The zero-order chi connectivity index (χ0) is 11.4. The van der Waals surface area contributed by atoms with Crippen molar-refractivity contribution in [2.24, 2.45) is 0 Å². The third-order valence-electron chi connectivity index (χ3n) is 1.85. The molecule has 0 aliphatic rings. The molecule has 0 saturated carbocycles. The third kappa shape index (κ3) is 3.17. The van der Waals surface area contributed by atoms with Crippen molar-refractivity contribution in [2.45, 2.75) is 10.6 Å². The van der Waals surface area contributed by atoms with Gasteiger partial charge in [0.05, 0.1) is 5.75 Å². The van der Waals surface area contributed by atoms with Crippen LogP contribution < -0.4 is 0 Å². The molecule has 5 heteroatoms. The summed E-state index contributed by atoms with van der Waals surface area (Å²) in [6, 6.07) is 8.13. The molecule has 1 aromatic heterocycles. The molecule has 0 amide bonds. The summed E-state index contributed by atoms with van der Waals surface area (Å²) in [5, 5.41) is 2.76. The Bertz CT molecular complexity index is 498. The minimum absolute atomic E-state index is 0.523. The Balaban J connectivity index is 1.99. The van der Waals surface area contributed by atoms with Gasteiger partial charge in [0.1, 0.15) is 10.7 Å². The van der Waals surface area contributed by atoms with Gasteiger partial charge in [0, 0.05) is 14.7 Å². The van der Waals surface area contributed by atoms with Crippen LogP contribution in [0, 0.1) is 0 Å². The SMILES string of the molecule is O=Cc1csc(CSc2cccc(Br)c2)n1. The fourth-order valence-corrected chi connectivity index (χ4v) is 3.41. The van der Waals surface area contributed by atoms with Gasteiger partial charge in [0.25, 0.3) is 0 Å².